The van der Waals surface area contributed by atoms with Gasteiger partial charge in [0.05, 0.1) is 17.2 Å². The van der Waals surface area contributed by atoms with E-state index < -0.39 is 0 Å². The van der Waals surface area contributed by atoms with Gasteiger partial charge in [-0.2, -0.15) is 0 Å². The Balaban J connectivity index is 1.62. The van der Waals surface area contributed by atoms with Gasteiger partial charge in [0.1, 0.15) is 5.76 Å². The zero-order valence-corrected chi connectivity index (χ0v) is 15.9. The number of thioether (sulfide) groups is 1. The Morgan fingerprint density at radius 2 is 1.86 bits per heavy atom. The Morgan fingerprint density at radius 3 is 2.61 bits per heavy atom. The molecule has 0 fully saturated rings. The summed E-state index contributed by atoms with van der Waals surface area (Å²) in [6, 6.07) is 16.1. The van der Waals surface area contributed by atoms with Crippen LogP contribution >= 0.6 is 11.8 Å². The Hall–Kier alpha value is -3.32. The summed E-state index contributed by atoms with van der Waals surface area (Å²) in [5, 5.41) is 9.57. The van der Waals surface area contributed by atoms with E-state index >= 15 is 0 Å². The molecule has 28 heavy (non-hydrogen) atoms. The molecule has 0 spiro atoms. The molecule has 1 unspecified atom stereocenters. The van der Waals surface area contributed by atoms with Gasteiger partial charge in [0.15, 0.2) is 5.82 Å². The van der Waals surface area contributed by atoms with E-state index in [1.165, 1.54) is 17.3 Å². The summed E-state index contributed by atoms with van der Waals surface area (Å²) >= 11 is 1.53. The maximum Gasteiger partial charge on any atom is 0.215 e. The van der Waals surface area contributed by atoms with Crippen molar-refractivity contribution in [2.45, 2.75) is 18.1 Å². The molecular weight excluding hydrogens is 370 g/mol. The van der Waals surface area contributed by atoms with E-state index in [4.69, 9.17) is 4.42 Å². The van der Waals surface area contributed by atoms with Crippen molar-refractivity contribution in [2.75, 3.05) is 5.43 Å². The number of fused-ring (bicyclic) bond motifs is 1. The molecule has 1 aromatic carbocycles. The maximum atomic E-state index is 5.66. The predicted molar refractivity (Wildman–Crippen MR) is 109 cm³/mol. The van der Waals surface area contributed by atoms with Gasteiger partial charge in [0.25, 0.3) is 0 Å². The maximum absolute atomic E-state index is 5.66. The van der Waals surface area contributed by atoms with Gasteiger partial charge in [-0.3, -0.25) is 4.98 Å². The molecule has 6 nitrogen and oxygen atoms in total. The summed E-state index contributed by atoms with van der Waals surface area (Å²) < 4.78 is 7.60. The molecule has 138 valence electrons. The molecule has 0 saturated carbocycles. The zero-order valence-electron chi connectivity index (χ0n) is 15.1. The minimum Gasteiger partial charge on any atom is -0.464 e. The van der Waals surface area contributed by atoms with Crippen molar-refractivity contribution in [3.63, 3.8) is 0 Å². The quantitative estimate of drug-likeness (QED) is 0.551. The van der Waals surface area contributed by atoms with Crippen molar-refractivity contribution in [3.05, 3.63) is 90.2 Å². The number of benzene rings is 1. The highest BCUT2D eigenvalue weighted by atomic mass is 32.2. The molecule has 1 N–H and O–H groups in total. The number of aromatic nitrogens is 4. The molecule has 4 heterocycles. The Bertz CT molecular complexity index is 1120. The van der Waals surface area contributed by atoms with Crippen molar-refractivity contribution in [1.82, 2.24) is 19.9 Å². The minimum absolute atomic E-state index is 0.0639. The fraction of sp³-hybridized carbons (Fsp3) is 0.0952. The van der Waals surface area contributed by atoms with Crippen LogP contribution in [0, 0.1) is 6.92 Å². The van der Waals surface area contributed by atoms with E-state index in [0.29, 0.717) is 0 Å². The van der Waals surface area contributed by atoms with Crippen LogP contribution in [0.15, 0.2) is 82.8 Å². The molecule has 1 aliphatic rings. The van der Waals surface area contributed by atoms with E-state index in [0.717, 1.165) is 32.8 Å². The van der Waals surface area contributed by atoms with Crippen LogP contribution in [-0.2, 0) is 0 Å². The van der Waals surface area contributed by atoms with Crippen LogP contribution in [0.3, 0.4) is 0 Å². The standard InChI is InChI=1S/C21H17N5OS/c1-14-4-6-15(7-5-14)17-13-19(18-3-2-12-27-18)28-21-24-23-20(26(21)25-17)16-8-10-22-11-9-16/h2-13,17,25H,1H3. The fourth-order valence-corrected chi connectivity index (χ4v) is 4.03. The summed E-state index contributed by atoms with van der Waals surface area (Å²) in [7, 11) is 0. The van der Waals surface area contributed by atoms with Crippen molar-refractivity contribution < 1.29 is 4.42 Å². The SMILES string of the molecule is Cc1ccc(C2C=C(c3ccco3)Sc3nnc(-c4ccncc4)n3N2)cc1. The largest absolute Gasteiger partial charge is 0.464 e. The van der Waals surface area contributed by atoms with E-state index in [1.807, 2.05) is 28.9 Å². The van der Waals surface area contributed by atoms with E-state index in [2.05, 4.69) is 57.9 Å². The number of nitrogens with zero attached hydrogens (tertiary/aromatic N) is 4. The summed E-state index contributed by atoms with van der Waals surface area (Å²) in [6.45, 7) is 2.09. The third-order valence-electron chi connectivity index (χ3n) is 4.56. The van der Waals surface area contributed by atoms with Crippen molar-refractivity contribution in [1.29, 1.82) is 0 Å². The van der Waals surface area contributed by atoms with Gasteiger partial charge in [0, 0.05) is 18.0 Å². The van der Waals surface area contributed by atoms with Gasteiger partial charge in [-0.05, 0) is 54.6 Å². The van der Waals surface area contributed by atoms with Crippen molar-refractivity contribution >= 4 is 16.7 Å². The molecule has 0 bridgehead atoms. The van der Waals surface area contributed by atoms with Gasteiger partial charge >= 0.3 is 0 Å². The van der Waals surface area contributed by atoms with Gasteiger partial charge in [-0.25, -0.2) is 4.68 Å². The first-order valence-corrected chi connectivity index (χ1v) is 9.72. The average molecular weight is 387 g/mol. The second kappa shape index (κ2) is 7.01. The zero-order chi connectivity index (χ0) is 18.9. The number of rotatable bonds is 3. The van der Waals surface area contributed by atoms with Gasteiger partial charge in [-0.15, -0.1) is 10.2 Å². The average Bonchev–Trinajstić information content (AvgIpc) is 3.35. The highest BCUT2D eigenvalue weighted by molar-refractivity contribution is 8.08. The Kier molecular flexibility index (Phi) is 4.21. The van der Waals surface area contributed by atoms with Crippen LogP contribution in [0.25, 0.3) is 16.3 Å². The number of furan rings is 1. The van der Waals surface area contributed by atoms with Crippen LogP contribution in [0.1, 0.15) is 22.9 Å². The third-order valence-corrected chi connectivity index (χ3v) is 5.56. The first-order valence-electron chi connectivity index (χ1n) is 8.90. The highest BCUT2D eigenvalue weighted by Gasteiger charge is 2.24. The Morgan fingerprint density at radius 1 is 1.04 bits per heavy atom. The number of hydrogen-bond donors (Lipinski definition) is 1. The number of aryl methyl sites for hydroxylation is 1. The summed E-state index contributed by atoms with van der Waals surface area (Å²) in [5.74, 6) is 1.56. The number of nitrogens with one attached hydrogen (secondary N) is 1. The summed E-state index contributed by atoms with van der Waals surface area (Å²) in [6.07, 6.45) is 7.36. The van der Waals surface area contributed by atoms with E-state index in [9.17, 15) is 0 Å². The molecular formula is C21H17N5OS. The molecule has 1 atom stereocenters. The first kappa shape index (κ1) is 16.8. The molecule has 7 heteroatoms. The van der Waals surface area contributed by atoms with Crippen molar-refractivity contribution in [2.24, 2.45) is 0 Å². The normalized spacial score (nSPS) is 16.0. The monoisotopic (exact) mass is 387 g/mol. The lowest BCUT2D eigenvalue weighted by Crippen LogP contribution is -2.20. The Labute approximate surface area is 166 Å². The van der Waals surface area contributed by atoms with Crippen LogP contribution < -0.4 is 5.43 Å². The third kappa shape index (κ3) is 3.10. The van der Waals surface area contributed by atoms with Crippen LogP contribution in [0.2, 0.25) is 0 Å². The van der Waals surface area contributed by atoms with Gasteiger partial charge in [-0.1, -0.05) is 29.8 Å². The van der Waals surface area contributed by atoms with E-state index in [-0.39, 0.29) is 6.04 Å². The molecule has 1 aliphatic heterocycles. The second-order valence-corrected chi connectivity index (χ2v) is 7.51. The van der Waals surface area contributed by atoms with Crippen molar-refractivity contribution in [3.8, 4) is 11.4 Å². The summed E-state index contributed by atoms with van der Waals surface area (Å²) in [5.41, 5.74) is 6.89. The molecule has 5 rings (SSSR count). The smallest absolute Gasteiger partial charge is 0.215 e. The van der Waals surface area contributed by atoms with E-state index in [1.54, 1.807) is 18.7 Å². The van der Waals surface area contributed by atoms with Gasteiger partial charge < -0.3 is 9.84 Å². The molecule has 3 aromatic heterocycles. The minimum atomic E-state index is -0.0639. The molecule has 4 aromatic rings. The number of pyridine rings is 1. The summed E-state index contributed by atoms with van der Waals surface area (Å²) in [4.78, 5) is 5.09. The van der Waals surface area contributed by atoms with Crippen LogP contribution in [0.4, 0.5) is 0 Å². The molecule has 0 aliphatic carbocycles. The predicted octanol–water partition coefficient (Wildman–Crippen LogP) is 4.67. The highest BCUT2D eigenvalue weighted by Crippen LogP contribution is 2.39. The lowest BCUT2D eigenvalue weighted by Gasteiger charge is -2.18. The number of hydrogen-bond acceptors (Lipinski definition) is 6. The fourth-order valence-electron chi connectivity index (χ4n) is 3.10. The van der Waals surface area contributed by atoms with Crippen LogP contribution in [0.5, 0.6) is 0 Å². The second-order valence-electron chi connectivity index (χ2n) is 6.51. The van der Waals surface area contributed by atoms with Gasteiger partial charge in [0.2, 0.25) is 5.16 Å². The topological polar surface area (TPSA) is 68.8 Å². The molecule has 0 radical (unpaired) electrons. The first-order chi connectivity index (χ1) is 13.8. The van der Waals surface area contributed by atoms with Crippen LogP contribution in [-0.4, -0.2) is 19.9 Å². The molecule has 0 saturated heterocycles. The lowest BCUT2D eigenvalue weighted by atomic mass is 10.0. The molecule has 0 amide bonds. The lowest BCUT2D eigenvalue weighted by molar-refractivity contribution is 0.555.